The Kier molecular flexibility index (Phi) is 5.79. The number of hydrogen-bond acceptors (Lipinski definition) is 4. The summed E-state index contributed by atoms with van der Waals surface area (Å²) in [4.78, 5) is 40.4. The Morgan fingerprint density at radius 1 is 1.19 bits per heavy atom. The lowest BCUT2D eigenvalue weighted by Gasteiger charge is -2.43. The number of carbonyl (C=O) groups excluding carboxylic acids is 2. The molecule has 2 aliphatic heterocycles. The van der Waals surface area contributed by atoms with Crippen molar-refractivity contribution in [3.63, 3.8) is 0 Å². The van der Waals surface area contributed by atoms with E-state index in [9.17, 15) is 19.5 Å². The standard InChI is InChI=1S/C20H26N2O5/c1-13-8-16(20(25)26)11-21(9-13)19(24)18-14(2)27-12-17(23)22(18)10-15-6-4-3-5-7-15/h3-7,13-14,16,18H,8-12H2,1-2H3,(H,25,26)/t13?,14-,16?,18+/m1/s1. The molecule has 2 aliphatic rings. The van der Waals surface area contributed by atoms with Gasteiger partial charge in [0.2, 0.25) is 11.8 Å². The summed E-state index contributed by atoms with van der Waals surface area (Å²) in [6.45, 7) is 4.69. The Labute approximate surface area is 158 Å². The minimum absolute atomic E-state index is 0.0497. The van der Waals surface area contributed by atoms with Gasteiger partial charge in [-0.25, -0.2) is 0 Å². The zero-order valence-corrected chi connectivity index (χ0v) is 15.7. The van der Waals surface area contributed by atoms with Crippen LogP contribution in [0.4, 0.5) is 0 Å². The van der Waals surface area contributed by atoms with E-state index in [2.05, 4.69) is 0 Å². The van der Waals surface area contributed by atoms with Crippen molar-refractivity contribution in [3.05, 3.63) is 35.9 Å². The maximum Gasteiger partial charge on any atom is 0.308 e. The van der Waals surface area contributed by atoms with Crippen molar-refractivity contribution in [1.82, 2.24) is 9.80 Å². The van der Waals surface area contributed by atoms with Gasteiger partial charge in [-0.2, -0.15) is 0 Å². The fourth-order valence-corrected chi connectivity index (χ4v) is 3.98. The Morgan fingerprint density at radius 2 is 1.89 bits per heavy atom. The molecular weight excluding hydrogens is 348 g/mol. The molecule has 2 amide bonds. The van der Waals surface area contributed by atoms with E-state index < -0.39 is 24.0 Å². The number of morpholine rings is 1. The summed E-state index contributed by atoms with van der Waals surface area (Å²) >= 11 is 0. The number of hydrogen-bond donors (Lipinski definition) is 1. The second-order valence-electron chi connectivity index (χ2n) is 7.59. The lowest BCUT2D eigenvalue weighted by atomic mass is 9.89. The maximum atomic E-state index is 13.3. The van der Waals surface area contributed by atoms with E-state index in [0.29, 0.717) is 19.5 Å². The van der Waals surface area contributed by atoms with Crippen molar-refractivity contribution < 1.29 is 24.2 Å². The Morgan fingerprint density at radius 3 is 2.56 bits per heavy atom. The van der Waals surface area contributed by atoms with Gasteiger partial charge in [0.15, 0.2) is 0 Å². The van der Waals surface area contributed by atoms with E-state index in [1.165, 1.54) is 0 Å². The SMILES string of the molecule is CC1CC(C(=O)O)CN(C(=O)[C@@H]2[C@@H](C)OCC(=O)N2Cc2ccccc2)C1. The summed E-state index contributed by atoms with van der Waals surface area (Å²) in [7, 11) is 0. The molecular formula is C20H26N2O5. The molecule has 7 heteroatoms. The number of likely N-dealkylation sites (tertiary alicyclic amines) is 1. The zero-order valence-electron chi connectivity index (χ0n) is 15.7. The van der Waals surface area contributed by atoms with Gasteiger partial charge < -0.3 is 19.6 Å². The molecule has 3 rings (SSSR count). The molecule has 0 bridgehead atoms. The summed E-state index contributed by atoms with van der Waals surface area (Å²) in [5.74, 6) is -1.82. The molecule has 7 nitrogen and oxygen atoms in total. The van der Waals surface area contributed by atoms with Crippen LogP contribution in [0.25, 0.3) is 0 Å². The number of piperidine rings is 1. The van der Waals surface area contributed by atoms with E-state index in [1.54, 1.807) is 16.7 Å². The van der Waals surface area contributed by atoms with Crippen LogP contribution in [0, 0.1) is 11.8 Å². The molecule has 0 aromatic heterocycles. The first kappa shape index (κ1) is 19.4. The summed E-state index contributed by atoms with van der Waals surface area (Å²) in [6, 6.07) is 8.77. The Balaban J connectivity index is 1.82. The van der Waals surface area contributed by atoms with Crippen LogP contribution in [-0.2, 0) is 25.7 Å². The summed E-state index contributed by atoms with van der Waals surface area (Å²) in [5, 5.41) is 9.38. The summed E-state index contributed by atoms with van der Waals surface area (Å²) < 4.78 is 5.53. The van der Waals surface area contributed by atoms with Crippen molar-refractivity contribution in [1.29, 1.82) is 0 Å². The van der Waals surface area contributed by atoms with Gasteiger partial charge in [-0.3, -0.25) is 14.4 Å². The molecule has 4 atom stereocenters. The fraction of sp³-hybridized carbons (Fsp3) is 0.550. The highest BCUT2D eigenvalue weighted by atomic mass is 16.5. The minimum Gasteiger partial charge on any atom is -0.481 e. The molecule has 2 heterocycles. The molecule has 2 saturated heterocycles. The lowest BCUT2D eigenvalue weighted by Crippen LogP contribution is -2.61. The van der Waals surface area contributed by atoms with Gasteiger partial charge in [0.1, 0.15) is 12.6 Å². The molecule has 1 aromatic rings. The van der Waals surface area contributed by atoms with Crippen LogP contribution in [0.5, 0.6) is 0 Å². The quantitative estimate of drug-likeness (QED) is 0.860. The first-order valence-corrected chi connectivity index (χ1v) is 9.33. The molecule has 0 radical (unpaired) electrons. The molecule has 27 heavy (non-hydrogen) atoms. The van der Waals surface area contributed by atoms with Gasteiger partial charge >= 0.3 is 5.97 Å². The van der Waals surface area contributed by atoms with Crippen molar-refractivity contribution in [3.8, 4) is 0 Å². The maximum absolute atomic E-state index is 13.3. The van der Waals surface area contributed by atoms with E-state index in [0.717, 1.165) is 5.56 Å². The van der Waals surface area contributed by atoms with E-state index >= 15 is 0 Å². The van der Waals surface area contributed by atoms with E-state index in [-0.39, 0.29) is 30.9 Å². The average molecular weight is 374 g/mol. The third-order valence-electron chi connectivity index (χ3n) is 5.34. The zero-order chi connectivity index (χ0) is 19.6. The second kappa shape index (κ2) is 8.08. The monoisotopic (exact) mass is 374 g/mol. The molecule has 0 spiro atoms. The van der Waals surface area contributed by atoms with Crippen molar-refractivity contribution in [2.75, 3.05) is 19.7 Å². The largest absolute Gasteiger partial charge is 0.481 e. The number of benzene rings is 1. The highest BCUT2D eigenvalue weighted by Crippen LogP contribution is 2.26. The third-order valence-corrected chi connectivity index (χ3v) is 5.34. The topological polar surface area (TPSA) is 87.1 Å². The summed E-state index contributed by atoms with van der Waals surface area (Å²) in [5.41, 5.74) is 0.938. The van der Waals surface area contributed by atoms with Crippen LogP contribution in [0.3, 0.4) is 0 Å². The van der Waals surface area contributed by atoms with Crippen LogP contribution in [-0.4, -0.2) is 64.5 Å². The van der Waals surface area contributed by atoms with Gasteiger partial charge in [0.05, 0.1) is 12.0 Å². The van der Waals surface area contributed by atoms with Gasteiger partial charge in [0.25, 0.3) is 0 Å². The number of carbonyl (C=O) groups is 3. The number of carboxylic acids is 1. The van der Waals surface area contributed by atoms with Gasteiger partial charge in [0, 0.05) is 19.6 Å². The normalized spacial score (nSPS) is 28.9. The smallest absolute Gasteiger partial charge is 0.308 e. The van der Waals surface area contributed by atoms with Crippen LogP contribution in [0.1, 0.15) is 25.8 Å². The van der Waals surface area contributed by atoms with Gasteiger partial charge in [-0.1, -0.05) is 37.3 Å². The minimum atomic E-state index is -0.885. The number of carboxylic acid groups (broad SMARTS) is 1. The number of ether oxygens (including phenoxy) is 1. The van der Waals surface area contributed by atoms with E-state index in [4.69, 9.17) is 4.74 Å². The predicted molar refractivity (Wildman–Crippen MR) is 97.7 cm³/mol. The average Bonchev–Trinajstić information content (AvgIpc) is 2.64. The molecule has 0 saturated carbocycles. The molecule has 146 valence electrons. The highest BCUT2D eigenvalue weighted by molar-refractivity contribution is 5.90. The van der Waals surface area contributed by atoms with Crippen LogP contribution in [0.15, 0.2) is 30.3 Å². The molecule has 1 aromatic carbocycles. The first-order chi connectivity index (χ1) is 12.9. The van der Waals surface area contributed by atoms with Crippen LogP contribution < -0.4 is 0 Å². The van der Waals surface area contributed by atoms with Crippen molar-refractivity contribution in [2.45, 2.75) is 39.0 Å². The Hall–Kier alpha value is -2.41. The molecule has 0 aliphatic carbocycles. The number of aliphatic carboxylic acids is 1. The molecule has 2 fully saturated rings. The van der Waals surface area contributed by atoms with Crippen LogP contribution in [0.2, 0.25) is 0 Å². The van der Waals surface area contributed by atoms with Gasteiger partial charge in [-0.15, -0.1) is 0 Å². The number of rotatable bonds is 4. The second-order valence-corrected chi connectivity index (χ2v) is 7.59. The molecule has 1 N–H and O–H groups in total. The number of nitrogens with zero attached hydrogens (tertiary/aromatic N) is 2. The number of amides is 2. The van der Waals surface area contributed by atoms with Crippen molar-refractivity contribution in [2.24, 2.45) is 11.8 Å². The highest BCUT2D eigenvalue weighted by Gasteiger charge is 2.43. The van der Waals surface area contributed by atoms with Crippen molar-refractivity contribution >= 4 is 17.8 Å². The first-order valence-electron chi connectivity index (χ1n) is 9.33. The Bertz CT molecular complexity index is 708. The lowest BCUT2D eigenvalue weighted by molar-refractivity contribution is -0.169. The fourth-order valence-electron chi connectivity index (χ4n) is 3.98. The van der Waals surface area contributed by atoms with E-state index in [1.807, 2.05) is 37.3 Å². The van der Waals surface area contributed by atoms with Gasteiger partial charge in [-0.05, 0) is 24.8 Å². The van der Waals surface area contributed by atoms with Crippen LogP contribution >= 0.6 is 0 Å². The summed E-state index contributed by atoms with van der Waals surface area (Å²) in [6.07, 6.45) is 0.113. The predicted octanol–water partition coefficient (Wildman–Crippen LogP) is 1.37. The third kappa shape index (κ3) is 4.30. The molecule has 2 unspecified atom stereocenters.